The highest BCUT2D eigenvalue weighted by molar-refractivity contribution is 5.72. The van der Waals surface area contributed by atoms with Crippen molar-refractivity contribution in [1.29, 1.82) is 0 Å². The minimum atomic E-state index is -0.810. The number of allylic oxidation sites excluding steroid dienone is 5. The summed E-state index contributed by atoms with van der Waals surface area (Å²) in [5.74, 6) is -1.04. The van der Waals surface area contributed by atoms with Gasteiger partial charge in [0.25, 0.3) is 0 Å². The van der Waals surface area contributed by atoms with Crippen LogP contribution in [0.25, 0.3) is 0 Å². The van der Waals surface area contributed by atoms with Crippen molar-refractivity contribution < 1.29 is 28.6 Å². The number of rotatable bonds is 33. The number of unbranched alkanes of at least 4 members (excludes halogenated alkanes) is 17. The predicted octanol–water partition coefficient (Wildman–Crippen LogP) is 11.5. The molecule has 0 aromatic heterocycles. The average Bonchev–Trinajstić information content (AvgIpc) is 3.05. The lowest BCUT2D eigenvalue weighted by Gasteiger charge is -2.18. The van der Waals surface area contributed by atoms with E-state index >= 15 is 0 Å². The van der Waals surface area contributed by atoms with E-state index in [9.17, 15) is 14.4 Å². The molecule has 6 heteroatoms. The Labute approximate surface area is 283 Å². The topological polar surface area (TPSA) is 78.9 Å². The molecule has 266 valence electrons. The van der Waals surface area contributed by atoms with E-state index in [1.807, 2.05) is 6.08 Å². The number of esters is 3. The standard InChI is InChI=1S/C40H70O6/c1-4-7-10-13-16-19-22-24-27-30-33-39(42)45-36-37(46-40(43)34-31-28-25-21-18-15-12-9-6-3)35-44-38(41)32-29-26-23-20-17-14-11-8-5-2/h9,12,18,21,28,31,37H,4-8,10-11,13-17,19-20,22-27,29-30,32-36H2,1-3H3/b12-9-,21-18-,31-28-. The second kappa shape index (κ2) is 35.5. The van der Waals surface area contributed by atoms with Crippen LogP contribution in [0.1, 0.15) is 181 Å². The van der Waals surface area contributed by atoms with Gasteiger partial charge in [0.2, 0.25) is 0 Å². The molecule has 0 aromatic carbocycles. The molecular weight excluding hydrogens is 576 g/mol. The van der Waals surface area contributed by atoms with E-state index in [0.717, 1.165) is 57.8 Å². The first kappa shape index (κ1) is 43.6. The molecule has 1 atom stereocenters. The van der Waals surface area contributed by atoms with Crippen molar-refractivity contribution in [2.24, 2.45) is 0 Å². The lowest BCUT2D eigenvalue weighted by molar-refractivity contribution is -0.166. The zero-order chi connectivity index (χ0) is 33.8. The van der Waals surface area contributed by atoms with Gasteiger partial charge in [0.15, 0.2) is 6.10 Å². The summed E-state index contributed by atoms with van der Waals surface area (Å²) in [6, 6.07) is 0. The maximum absolute atomic E-state index is 12.5. The van der Waals surface area contributed by atoms with E-state index in [1.54, 1.807) is 6.08 Å². The Bertz CT molecular complexity index is 800. The first-order valence-corrected chi connectivity index (χ1v) is 19.0. The van der Waals surface area contributed by atoms with E-state index in [0.29, 0.717) is 12.8 Å². The number of carbonyl (C=O) groups excluding carboxylic acids is 3. The molecular formula is C40H70O6. The van der Waals surface area contributed by atoms with E-state index in [2.05, 4.69) is 45.1 Å². The lowest BCUT2D eigenvalue weighted by Crippen LogP contribution is -2.30. The Morgan fingerprint density at radius 3 is 1.24 bits per heavy atom. The summed E-state index contributed by atoms with van der Waals surface area (Å²) < 4.78 is 16.4. The van der Waals surface area contributed by atoms with Crippen LogP contribution in [0, 0.1) is 0 Å². The second-order valence-electron chi connectivity index (χ2n) is 12.5. The van der Waals surface area contributed by atoms with Crippen molar-refractivity contribution >= 4 is 17.9 Å². The summed E-state index contributed by atoms with van der Waals surface area (Å²) in [6.45, 7) is 6.36. The van der Waals surface area contributed by atoms with Crippen molar-refractivity contribution in [2.45, 2.75) is 187 Å². The molecule has 0 heterocycles. The summed E-state index contributed by atoms with van der Waals surface area (Å²) in [7, 11) is 0. The van der Waals surface area contributed by atoms with Crippen LogP contribution in [0.2, 0.25) is 0 Å². The van der Waals surface area contributed by atoms with Gasteiger partial charge in [0.05, 0.1) is 6.42 Å². The SMILES string of the molecule is CC/C=C\C/C=C\C/C=C\CC(=O)OC(COC(=O)CCCCCCCCCCC)COC(=O)CCCCCCCCCCCC. The third-order valence-electron chi connectivity index (χ3n) is 7.94. The Balaban J connectivity index is 4.46. The Morgan fingerprint density at radius 2 is 0.826 bits per heavy atom. The van der Waals surface area contributed by atoms with Crippen LogP contribution in [-0.4, -0.2) is 37.2 Å². The van der Waals surface area contributed by atoms with Crippen LogP contribution < -0.4 is 0 Å². The molecule has 46 heavy (non-hydrogen) atoms. The fraction of sp³-hybridized carbons (Fsp3) is 0.775. The van der Waals surface area contributed by atoms with Crippen LogP contribution >= 0.6 is 0 Å². The maximum atomic E-state index is 12.5. The average molecular weight is 647 g/mol. The molecule has 0 aliphatic rings. The lowest BCUT2D eigenvalue weighted by atomic mass is 10.1. The Morgan fingerprint density at radius 1 is 0.457 bits per heavy atom. The fourth-order valence-electron chi connectivity index (χ4n) is 5.09. The number of hydrogen-bond acceptors (Lipinski definition) is 6. The fourth-order valence-corrected chi connectivity index (χ4v) is 5.09. The van der Waals surface area contributed by atoms with Gasteiger partial charge in [-0.3, -0.25) is 14.4 Å². The largest absolute Gasteiger partial charge is 0.462 e. The van der Waals surface area contributed by atoms with Gasteiger partial charge in [0, 0.05) is 12.8 Å². The highest BCUT2D eigenvalue weighted by Gasteiger charge is 2.19. The van der Waals surface area contributed by atoms with Gasteiger partial charge in [-0.25, -0.2) is 0 Å². The molecule has 0 N–H and O–H groups in total. The van der Waals surface area contributed by atoms with Gasteiger partial charge < -0.3 is 14.2 Å². The van der Waals surface area contributed by atoms with Crippen LogP contribution in [0.5, 0.6) is 0 Å². The Kier molecular flexibility index (Phi) is 33.7. The van der Waals surface area contributed by atoms with E-state index in [4.69, 9.17) is 14.2 Å². The highest BCUT2D eigenvalue weighted by atomic mass is 16.6. The van der Waals surface area contributed by atoms with Crippen molar-refractivity contribution in [2.75, 3.05) is 13.2 Å². The van der Waals surface area contributed by atoms with Crippen molar-refractivity contribution in [3.05, 3.63) is 36.5 Å². The van der Waals surface area contributed by atoms with Gasteiger partial charge in [-0.2, -0.15) is 0 Å². The van der Waals surface area contributed by atoms with Crippen molar-refractivity contribution in [1.82, 2.24) is 0 Å². The molecule has 0 radical (unpaired) electrons. The molecule has 0 rings (SSSR count). The molecule has 0 saturated carbocycles. The Hall–Kier alpha value is -2.37. The maximum Gasteiger partial charge on any atom is 0.310 e. The normalized spacial score (nSPS) is 12.3. The van der Waals surface area contributed by atoms with E-state index < -0.39 is 12.1 Å². The molecule has 0 aliphatic carbocycles. The summed E-state index contributed by atoms with van der Waals surface area (Å²) in [4.78, 5) is 37.2. The summed E-state index contributed by atoms with van der Waals surface area (Å²) >= 11 is 0. The third kappa shape index (κ3) is 33.0. The highest BCUT2D eigenvalue weighted by Crippen LogP contribution is 2.13. The van der Waals surface area contributed by atoms with Gasteiger partial charge in [-0.1, -0.05) is 166 Å². The number of ether oxygens (including phenoxy) is 3. The van der Waals surface area contributed by atoms with E-state index in [-0.39, 0.29) is 31.6 Å². The molecule has 0 amide bonds. The zero-order valence-corrected chi connectivity index (χ0v) is 30.1. The molecule has 0 aliphatic heterocycles. The van der Waals surface area contributed by atoms with Crippen LogP contribution in [-0.2, 0) is 28.6 Å². The first-order valence-electron chi connectivity index (χ1n) is 19.0. The first-order chi connectivity index (χ1) is 22.5. The number of hydrogen-bond donors (Lipinski definition) is 0. The van der Waals surface area contributed by atoms with Gasteiger partial charge in [0.1, 0.15) is 13.2 Å². The minimum absolute atomic E-state index is 0.106. The monoisotopic (exact) mass is 647 g/mol. The van der Waals surface area contributed by atoms with Gasteiger partial charge in [-0.05, 0) is 32.1 Å². The molecule has 0 fully saturated rings. The molecule has 0 bridgehead atoms. The zero-order valence-electron chi connectivity index (χ0n) is 30.1. The third-order valence-corrected chi connectivity index (χ3v) is 7.94. The van der Waals surface area contributed by atoms with Gasteiger partial charge in [-0.15, -0.1) is 0 Å². The second-order valence-corrected chi connectivity index (χ2v) is 12.5. The molecule has 0 spiro atoms. The van der Waals surface area contributed by atoms with Crippen LogP contribution in [0.3, 0.4) is 0 Å². The molecule has 0 aromatic rings. The smallest absolute Gasteiger partial charge is 0.310 e. The van der Waals surface area contributed by atoms with Gasteiger partial charge >= 0.3 is 17.9 Å². The van der Waals surface area contributed by atoms with Crippen LogP contribution in [0.15, 0.2) is 36.5 Å². The summed E-state index contributed by atoms with van der Waals surface area (Å²) in [6.07, 6.45) is 37.4. The quantitative estimate of drug-likeness (QED) is 0.0305. The molecule has 6 nitrogen and oxygen atoms in total. The summed E-state index contributed by atoms with van der Waals surface area (Å²) in [5, 5.41) is 0. The molecule has 1 unspecified atom stereocenters. The van der Waals surface area contributed by atoms with E-state index in [1.165, 1.54) is 83.5 Å². The summed E-state index contributed by atoms with van der Waals surface area (Å²) in [5.41, 5.74) is 0. The van der Waals surface area contributed by atoms with Crippen LogP contribution in [0.4, 0.5) is 0 Å². The van der Waals surface area contributed by atoms with Crippen molar-refractivity contribution in [3.63, 3.8) is 0 Å². The van der Waals surface area contributed by atoms with Crippen molar-refractivity contribution in [3.8, 4) is 0 Å². The minimum Gasteiger partial charge on any atom is -0.462 e. The molecule has 0 saturated heterocycles. The number of carbonyl (C=O) groups is 3. The predicted molar refractivity (Wildman–Crippen MR) is 192 cm³/mol.